The highest BCUT2D eigenvalue weighted by molar-refractivity contribution is 5.89. The predicted octanol–water partition coefficient (Wildman–Crippen LogP) is 8.05. The number of fused-ring (bicyclic) bond motifs is 1. The third-order valence-electron chi connectivity index (χ3n) is 8.18. The van der Waals surface area contributed by atoms with Crippen molar-refractivity contribution in [2.24, 2.45) is 5.41 Å². The molecule has 8 nitrogen and oxygen atoms in total. The molecule has 1 saturated heterocycles. The Balaban J connectivity index is 1.88. The zero-order chi connectivity index (χ0) is 32.8. The molecule has 0 bridgehead atoms. The summed E-state index contributed by atoms with van der Waals surface area (Å²) in [5.74, 6) is -0.407. The van der Waals surface area contributed by atoms with Gasteiger partial charge in [0.25, 0.3) is 0 Å². The number of amides is 1. The number of esters is 1. The molecule has 2 aliphatic heterocycles. The van der Waals surface area contributed by atoms with Gasteiger partial charge < -0.3 is 19.1 Å². The van der Waals surface area contributed by atoms with Gasteiger partial charge in [0.2, 0.25) is 0 Å². The summed E-state index contributed by atoms with van der Waals surface area (Å²) in [7, 11) is 0. The minimum Gasteiger partial charge on any atom is -0.461 e. The Bertz CT molecular complexity index is 1390. The molecule has 4 rings (SSSR count). The molecule has 0 spiro atoms. The maximum absolute atomic E-state index is 13.8. The van der Waals surface area contributed by atoms with Crippen LogP contribution in [0.3, 0.4) is 0 Å². The maximum Gasteiger partial charge on any atom is 0.410 e. The second-order valence-corrected chi connectivity index (χ2v) is 15.5. The van der Waals surface area contributed by atoms with Crippen molar-refractivity contribution in [2.75, 3.05) is 18.0 Å². The number of aryl methyl sites for hydroxylation is 2. The van der Waals surface area contributed by atoms with Crippen LogP contribution in [0.4, 0.5) is 10.5 Å². The lowest BCUT2D eigenvalue weighted by molar-refractivity contribution is -0.171. The molecular weight excluding hydrogens is 554 g/mol. The van der Waals surface area contributed by atoms with E-state index < -0.39 is 23.3 Å². The summed E-state index contributed by atoms with van der Waals surface area (Å²) in [6.07, 6.45) is 0.528. The van der Waals surface area contributed by atoms with Gasteiger partial charge in [-0.1, -0.05) is 26.0 Å². The van der Waals surface area contributed by atoms with Crippen molar-refractivity contribution in [1.82, 2.24) is 9.88 Å². The van der Waals surface area contributed by atoms with Gasteiger partial charge in [-0.05, 0) is 110 Å². The Hall–Kier alpha value is -3.13. The topological polar surface area (TPSA) is 81.2 Å². The molecule has 1 aromatic carbocycles. The van der Waals surface area contributed by atoms with Crippen LogP contribution in [0.2, 0.25) is 0 Å². The van der Waals surface area contributed by atoms with E-state index in [0.29, 0.717) is 13.1 Å². The van der Waals surface area contributed by atoms with Gasteiger partial charge in [0.1, 0.15) is 5.60 Å². The van der Waals surface area contributed by atoms with E-state index in [1.54, 1.807) is 4.90 Å². The summed E-state index contributed by atoms with van der Waals surface area (Å²) < 4.78 is 18.0. The molecule has 8 heteroatoms. The number of piperidine rings is 1. The van der Waals surface area contributed by atoms with Crippen LogP contribution < -0.4 is 4.90 Å². The van der Waals surface area contributed by atoms with E-state index in [1.165, 1.54) is 0 Å². The number of anilines is 1. The van der Waals surface area contributed by atoms with E-state index in [4.69, 9.17) is 19.2 Å². The van der Waals surface area contributed by atoms with Gasteiger partial charge in [0.05, 0.1) is 17.4 Å². The van der Waals surface area contributed by atoms with Crippen molar-refractivity contribution in [3.8, 4) is 11.1 Å². The van der Waals surface area contributed by atoms with Crippen LogP contribution in [0, 0.1) is 19.3 Å². The highest BCUT2D eigenvalue weighted by atomic mass is 16.6. The van der Waals surface area contributed by atoms with Crippen LogP contribution in [-0.4, -0.2) is 52.3 Å². The van der Waals surface area contributed by atoms with Crippen molar-refractivity contribution in [2.45, 2.75) is 132 Å². The Morgan fingerprint density at radius 2 is 1.52 bits per heavy atom. The number of aromatic nitrogens is 1. The minimum absolute atomic E-state index is 0.241. The zero-order valence-electron chi connectivity index (χ0n) is 29.0. The molecular formula is C36H53N3O5. The van der Waals surface area contributed by atoms with Crippen LogP contribution >= 0.6 is 0 Å². The molecule has 1 fully saturated rings. The van der Waals surface area contributed by atoms with Gasteiger partial charge in [0, 0.05) is 48.7 Å². The minimum atomic E-state index is -0.939. The molecule has 242 valence electrons. The number of benzene rings is 1. The van der Waals surface area contributed by atoms with Gasteiger partial charge in [-0.2, -0.15) is 0 Å². The highest BCUT2D eigenvalue weighted by Gasteiger charge is 2.38. The van der Waals surface area contributed by atoms with E-state index in [9.17, 15) is 9.59 Å². The summed E-state index contributed by atoms with van der Waals surface area (Å²) in [6, 6.07) is 6.39. The highest BCUT2D eigenvalue weighted by Crippen LogP contribution is 2.45. The number of hydrogen-bond acceptors (Lipinski definition) is 7. The normalized spacial score (nSPS) is 17.5. The number of carbonyl (C=O) groups excluding carboxylic acids is 2. The maximum atomic E-state index is 13.8. The van der Waals surface area contributed by atoms with E-state index >= 15 is 0 Å². The van der Waals surface area contributed by atoms with Crippen LogP contribution in [0.25, 0.3) is 11.1 Å². The SMILES string of the molecule is Cc1nc(C)c([C@H](OC(C)(C)C)C(=O)OC(C)C)c(N2CCC(C)(C)CC2)c1-c1ccc2c(c1)CN(C(=O)OC(C)(C)C)C2. The second kappa shape index (κ2) is 12.3. The monoisotopic (exact) mass is 607 g/mol. The predicted molar refractivity (Wildman–Crippen MR) is 175 cm³/mol. The van der Waals surface area contributed by atoms with E-state index in [2.05, 4.69) is 36.9 Å². The first-order chi connectivity index (χ1) is 20.2. The van der Waals surface area contributed by atoms with E-state index in [1.807, 2.05) is 69.2 Å². The average molecular weight is 608 g/mol. The Labute approximate surface area is 264 Å². The van der Waals surface area contributed by atoms with Crippen molar-refractivity contribution in [3.05, 3.63) is 46.3 Å². The van der Waals surface area contributed by atoms with Gasteiger partial charge in [-0.3, -0.25) is 9.88 Å². The first-order valence-corrected chi connectivity index (χ1v) is 16.0. The van der Waals surface area contributed by atoms with Crippen LogP contribution in [-0.2, 0) is 32.1 Å². The van der Waals surface area contributed by atoms with E-state index in [0.717, 1.165) is 70.8 Å². The Morgan fingerprint density at radius 3 is 2.09 bits per heavy atom. The lowest BCUT2D eigenvalue weighted by Gasteiger charge is -2.41. The number of pyridine rings is 1. The molecule has 3 heterocycles. The summed E-state index contributed by atoms with van der Waals surface area (Å²) >= 11 is 0. The quantitative estimate of drug-likeness (QED) is 0.307. The summed E-state index contributed by atoms with van der Waals surface area (Å²) in [6.45, 7) is 26.6. The fourth-order valence-corrected chi connectivity index (χ4v) is 6.05. The molecule has 0 unspecified atom stereocenters. The molecule has 1 aromatic heterocycles. The third-order valence-corrected chi connectivity index (χ3v) is 8.18. The van der Waals surface area contributed by atoms with Gasteiger partial charge in [-0.25, -0.2) is 9.59 Å². The Kier molecular flexibility index (Phi) is 9.47. The number of rotatable bonds is 6. The van der Waals surface area contributed by atoms with Crippen LogP contribution in [0.5, 0.6) is 0 Å². The first kappa shape index (κ1) is 33.8. The van der Waals surface area contributed by atoms with Crippen LogP contribution in [0.15, 0.2) is 18.2 Å². The van der Waals surface area contributed by atoms with Gasteiger partial charge in [-0.15, -0.1) is 0 Å². The molecule has 0 radical (unpaired) electrons. The van der Waals surface area contributed by atoms with Crippen LogP contribution in [0.1, 0.15) is 116 Å². The lowest BCUT2D eigenvalue weighted by Crippen LogP contribution is -2.39. The number of carbonyl (C=O) groups is 2. The summed E-state index contributed by atoms with van der Waals surface area (Å²) in [5, 5.41) is 0. The van der Waals surface area contributed by atoms with Crippen molar-refractivity contribution >= 4 is 17.7 Å². The molecule has 1 atom stereocenters. The average Bonchev–Trinajstić information content (AvgIpc) is 3.29. The molecule has 2 aromatic rings. The first-order valence-electron chi connectivity index (χ1n) is 16.0. The number of hydrogen-bond donors (Lipinski definition) is 0. The fourth-order valence-electron chi connectivity index (χ4n) is 6.05. The largest absolute Gasteiger partial charge is 0.461 e. The molecule has 1 amide bonds. The van der Waals surface area contributed by atoms with Crippen molar-refractivity contribution < 1.29 is 23.8 Å². The molecule has 0 N–H and O–H groups in total. The molecule has 2 aliphatic rings. The van der Waals surface area contributed by atoms with Gasteiger partial charge in [0.15, 0.2) is 6.10 Å². The summed E-state index contributed by atoms with van der Waals surface area (Å²) in [5.41, 5.74) is 6.68. The number of nitrogens with zero attached hydrogens (tertiary/aromatic N) is 3. The summed E-state index contributed by atoms with van der Waals surface area (Å²) in [4.78, 5) is 35.8. The van der Waals surface area contributed by atoms with Gasteiger partial charge >= 0.3 is 12.1 Å². The standard InChI is InChI=1S/C36H53N3O5/c1-22(2)42-32(40)31(43-34(5,6)7)29-24(4)37-23(3)28(30(29)38-17-15-36(11,12)16-18-38)25-13-14-26-20-39(21-27(26)19-25)33(41)44-35(8,9)10/h13-14,19,22,31H,15-18,20-21H2,1-12H3/t31-/m0/s1. The zero-order valence-corrected chi connectivity index (χ0v) is 29.0. The molecule has 0 saturated carbocycles. The lowest BCUT2D eigenvalue weighted by atomic mass is 9.81. The number of ether oxygens (including phenoxy) is 3. The van der Waals surface area contributed by atoms with Crippen molar-refractivity contribution in [3.63, 3.8) is 0 Å². The third kappa shape index (κ3) is 7.92. The molecule has 0 aliphatic carbocycles. The van der Waals surface area contributed by atoms with E-state index in [-0.39, 0.29) is 17.6 Å². The Morgan fingerprint density at radius 1 is 0.909 bits per heavy atom. The van der Waals surface area contributed by atoms with Crippen molar-refractivity contribution in [1.29, 1.82) is 0 Å². The smallest absolute Gasteiger partial charge is 0.410 e. The fraction of sp³-hybridized carbons (Fsp3) is 0.639. The second-order valence-electron chi connectivity index (χ2n) is 15.5. The molecule has 44 heavy (non-hydrogen) atoms.